The average molecular weight is 315 g/mol. The topological polar surface area (TPSA) is 36.7 Å². The third-order valence-corrected chi connectivity index (χ3v) is 3.06. The maximum Gasteiger partial charge on any atom is 0.334 e. The summed E-state index contributed by atoms with van der Waals surface area (Å²) in [5, 5.41) is 8.32. The first-order chi connectivity index (χ1) is 9.87. The summed E-state index contributed by atoms with van der Waals surface area (Å²) in [6.45, 7) is 0. The van der Waals surface area contributed by atoms with Crippen LogP contribution in [-0.4, -0.2) is 11.4 Å². The first-order valence-corrected chi connectivity index (χ1v) is 6.08. The van der Waals surface area contributed by atoms with Crippen LogP contribution >= 0.6 is 11.6 Å². The third kappa shape index (κ3) is 2.83. The first kappa shape index (κ1) is 15.3. The highest BCUT2D eigenvalue weighted by Crippen LogP contribution is 2.39. The Balaban J connectivity index is 2.70. The number of alkyl halides is 4. The quantitative estimate of drug-likeness (QED) is 0.611. The molecule has 0 spiro atoms. The van der Waals surface area contributed by atoms with Gasteiger partial charge >= 0.3 is 12.3 Å². The molecule has 0 aliphatic carbocycles. The summed E-state index contributed by atoms with van der Waals surface area (Å²) < 4.78 is 52.3. The highest BCUT2D eigenvalue weighted by atomic mass is 35.5. The van der Waals surface area contributed by atoms with E-state index in [-0.39, 0.29) is 5.69 Å². The molecule has 0 atom stereocenters. The zero-order chi connectivity index (χ0) is 15.6. The van der Waals surface area contributed by atoms with Gasteiger partial charge in [-0.1, -0.05) is 41.9 Å². The standard InChI is InChI=1S/C14H7ClF4N2/c15-12-9(7-20)10(14(18,19)13(16)17)6-11(21-12)8-4-2-1-3-5-8/h1-6,13H. The van der Waals surface area contributed by atoms with Crippen LogP contribution in [0, 0.1) is 11.3 Å². The van der Waals surface area contributed by atoms with Crippen LogP contribution in [0.4, 0.5) is 17.6 Å². The molecule has 0 aliphatic heterocycles. The summed E-state index contributed by atoms with van der Waals surface area (Å²) in [5.74, 6) is -4.48. The second kappa shape index (κ2) is 5.70. The molecule has 1 aromatic carbocycles. The van der Waals surface area contributed by atoms with Crippen molar-refractivity contribution in [2.75, 3.05) is 0 Å². The van der Waals surface area contributed by atoms with Crippen LogP contribution in [0.3, 0.4) is 0 Å². The molecule has 0 saturated carbocycles. The molecule has 0 aliphatic rings. The lowest BCUT2D eigenvalue weighted by molar-refractivity contribution is -0.135. The van der Waals surface area contributed by atoms with Crippen molar-refractivity contribution in [2.24, 2.45) is 0 Å². The minimum absolute atomic E-state index is 0.00470. The monoisotopic (exact) mass is 314 g/mol. The van der Waals surface area contributed by atoms with Crippen LogP contribution in [0.15, 0.2) is 36.4 Å². The van der Waals surface area contributed by atoms with E-state index in [4.69, 9.17) is 16.9 Å². The lowest BCUT2D eigenvalue weighted by Crippen LogP contribution is -2.25. The van der Waals surface area contributed by atoms with Gasteiger partial charge in [0.05, 0.1) is 11.3 Å². The van der Waals surface area contributed by atoms with Gasteiger partial charge in [0, 0.05) is 11.1 Å². The van der Waals surface area contributed by atoms with Crippen LogP contribution in [-0.2, 0) is 5.92 Å². The molecule has 2 rings (SSSR count). The predicted molar refractivity (Wildman–Crippen MR) is 69.3 cm³/mol. The summed E-state index contributed by atoms with van der Waals surface area (Å²) in [6.07, 6.45) is -3.95. The number of hydrogen-bond donors (Lipinski definition) is 0. The van der Waals surface area contributed by atoms with Crippen LogP contribution in [0.1, 0.15) is 11.1 Å². The van der Waals surface area contributed by atoms with Crippen molar-refractivity contribution in [2.45, 2.75) is 12.3 Å². The second-order valence-corrected chi connectivity index (χ2v) is 4.48. The number of aromatic nitrogens is 1. The summed E-state index contributed by atoms with van der Waals surface area (Å²) in [4.78, 5) is 3.81. The van der Waals surface area contributed by atoms with E-state index in [1.54, 1.807) is 30.3 Å². The molecule has 0 amide bonds. The molecule has 0 fully saturated rings. The highest BCUT2D eigenvalue weighted by Gasteiger charge is 2.45. The van der Waals surface area contributed by atoms with Gasteiger partial charge in [-0.15, -0.1) is 0 Å². The van der Waals surface area contributed by atoms with Gasteiger partial charge in [-0.25, -0.2) is 13.8 Å². The van der Waals surface area contributed by atoms with Crippen LogP contribution in [0.2, 0.25) is 5.15 Å². The lowest BCUT2D eigenvalue weighted by atomic mass is 10.0. The minimum atomic E-state index is -4.48. The zero-order valence-electron chi connectivity index (χ0n) is 10.3. The Hall–Kier alpha value is -2.13. The van der Waals surface area contributed by atoms with E-state index in [0.29, 0.717) is 5.56 Å². The summed E-state index contributed by atoms with van der Waals surface area (Å²) >= 11 is 5.68. The lowest BCUT2D eigenvalue weighted by Gasteiger charge is -2.18. The molecule has 0 bridgehead atoms. The number of hydrogen-bond acceptors (Lipinski definition) is 2. The van der Waals surface area contributed by atoms with E-state index in [9.17, 15) is 17.6 Å². The van der Waals surface area contributed by atoms with Gasteiger partial charge in [0.1, 0.15) is 11.2 Å². The van der Waals surface area contributed by atoms with Crippen molar-refractivity contribution in [1.29, 1.82) is 5.26 Å². The molecule has 2 aromatic rings. The van der Waals surface area contributed by atoms with Crippen molar-refractivity contribution >= 4 is 11.6 Å². The van der Waals surface area contributed by atoms with Crippen LogP contribution in [0.5, 0.6) is 0 Å². The second-order valence-electron chi connectivity index (χ2n) is 4.12. The normalized spacial score (nSPS) is 11.5. The molecule has 1 aromatic heterocycles. The Labute approximate surface area is 122 Å². The van der Waals surface area contributed by atoms with Crippen molar-refractivity contribution in [1.82, 2.24) is 4.98 Å². The van der Waals surface area contributed by atoms with Crippen molar-refractivity contribution in [3.63, 3.8) is 0 Å². The SMILES string of the molecule is N#Cc1c(C(F)(F)C(F)F)cc(-c2ccccc2)nc1Cl. The van der Waals surface area contributed by atoms with Gasteiger partial charge in [0.2, 0.25) is 0 Å². The van der Waals surface area contributed by atoms with E-state index in [1.165, 1.54) is 6.07 Å². The van der Waals surface area contributed by atoms with Crippen LogP contribution < -0.4 is 0 Å². The fourth-order valence-electron chi connectivity index (χ4n) is 1.76. The fraction of sp³-hybridized carbons (Fsp3) is 0.143. The van der Waals surface area contributed by atoms with Gasteiger partial charge in [0.25, 0.3) is 0 Å². The number of nitriles is 1. The third-order valence-electron chi connectivity index (χ3n) is 2.79. The van der Waals surface area contributed by atoms with E-state index in [0.717, 1.165) is 6.07 Å². The van der Waals surface area contributed by atoms with Crippen molar-refractivity contribution in [3.8, 4) is 17.3 Å². The van der Waals surface area contributed by atoms with E-state index in [2.05, 4.69) is 4.98 Å². The molecule has 0 saturated heterocycles. The molecule has 7 heteroatoms. The Bertz CT molecular complexity index is 696. The zero-order valence-corrected chi connectivity index (χ0v) is 11.1. The average Bonchev–Trinajstić information content (AvgIpc) is 2.47. The highest BCUT2D eigenvalue weighted by molar-refractivity contribution is 6.30. The fourth-order valence-corrected chi connectivity index (χ4v) is 1.99. The van der Waals surface area contributed by atoms with Crippen molar-refractivity contribution < 1.29 is 17.6 Å². The van der Waals surface area contributed by atoms with Gasteiger partial charge in [-0.2, -0.15) is 14.0 Å². The molecular weight excluding hydrogens is 308 g/mol. The number of benzene rings is 1. The molecule has 2 nitrogen and oxygen atoms in total. The minimum Gasteiger partial charge on any atom is -0.235 e. The maximum atomic E-state index is 13.6. The van der Waals surface area contributed by atoms with Gasteiger partial charge in [-0.05, 0) is 6.07 Å². The molecule has 0 radical (unpaired) electrons. The van der Waals surface area contributed by atoms with Crippen molar-refractivity contribution in [3.05, 3.63) is 52.7 Å². The maximum absolute atomic E-state index is 13.6. The van der Waals surface area contributed by atoms with Gasteiger partial charge in [-0.3, -0.25) is 0 Å². The summed E-state index contributed by atoms with van der Waals surface area (Å²) in [7, 11) is 0. The molecule has 1 heterocycles. The molecule has 0 N–H and O–H groups in total. The largest absolute Gasteiger partial charge is 0.334 e. The van der Waals surface area contributed by atoms with E-state index < -0.39 is 28.6 Å². The van der Waals surface area contributed by atoms with Gasteiger partial charge < -0.3 is 0 Å². The summed E-state index contributed by atoms with van der Waals surface area (Å²) in [5.41, 5.74) is -1.45. The van der Waals surface area contributed by atoms with E-state index >= 15 is 0 Å². The Morgan fingerprint density at radius 3 is 2.33 bits per heavy atom. The molecule has 108 valence electrons. The number of nitrogens with zero attached hydrogens (tertiary/aromatic N) is 2. The summed E-state index contributed by atoms with van der Waals surface area (Å²) in [6, 6.07) is 10.3. The van der Waals surface area contributed by atoms with E-state index in [1.807, 2.05) is 0 Å². The smallest absolute Gasteiger partial charge is 0.235 e. The first-order valence-electron chi connectivity index (χ1n) is 5.70. The number of rotatable bonds is 3. The van der Waals surface area contributed by atoms with Gasteiger partial charge in [0.15, 0.2) is 0 Å². The molecule has 21 heavy (non-hydrogen) atoms. The predicted octanol–water partition coefficient (Wildman–Crippen LogP) is 4.63. The molecule has 0 unspecified atom stereocenters. The Morgan fingerprint density at radius 2 is 1.81 bits per heavy atom. The van der Waals surface area contributed by atoms with Crippen LogP contribution in [0.25, 0.3) is 11.3 Å². The Morgan fingerprint density at radius 1 is 1.19 bits per heavy atom. The number of halogens is 5. The Kier molecular flexibility index (Phi) is 4.14. The number of pyridine rings is 1. The molecular formula is C14H7ClF4N2.